The molecule has 1 saturated carbocycles. The van der Waals surface area contributed by atoms with Gasteiger partial charge in [-0.15, -0.1) is 0 Å². The topological polar surface area (TPSA) is 95.7 Å². The third-order valence-electron chi connectivity index (χ3n) is 3.79. The summed E-state index contributed by atoms with van der Waals surface area (Å²) in [5, 5.41) is 11.7. The fourth-order valence-electron chi connectivity index (χ4n) is 2.18. The molecule has 2 rings (SSSR count). The third kappa shape index (κ3) is 2.52. The number of nitrogens with two attached hydrogens (primary N) is 1. The van der Waals surface area contributed by atoms with Crippen LogP contribution in [-0.4, -0.2) is 48.2 Å². The van der Waals surface area contributed by atoms with E-state index in [1.807, 2.05) is 0 Å². The van der Waals surface area contributed by atoms with E-state index in [4.69, 9.17) is 10.8 Å². The first kappa shape index (κ1) is 12.2. The number of nitrogens with zero attached hydrogens (tertiary/aromatic N) is 1. The summed E-state index contributed by atoms with van der Waals surface area (Å²) in [7, 11) is 0. The summed E-state index contributed by atoms with van der Waals surface area (Å²) in [4.78, 5) is 24.4. The predicted octanol–water partition coefficient (Wildman–Crippen LogP) is -0.159. The van der Waals surface area contributed by atoms with Crippen molar-refractivity contribution >= 4 is 12.0 Å². The van der Waals surface area contributed by atoms with E-state index >= 15 is 0 Å². The van der Waals surface area contributed by atoms with E-state index < -0.39 is 11.4 Å². The number of carbonyl (C=O) groups excluding carboxylic acids is 1. The van der Waals surface area contributed by atoms with E-state index in [-0.39, 0.29) is 12.6 Å². The second-order valence-corrected chi connectivity index (χ2v) is 5.08. The number of carbonyl (C=O) groups is 2. The van der Waals surface area contributed by atoms with Crippen LogP contribution in [0.15, 0.2) is 0 Å². The van der Waals surface area contributed by atoms with Crippen molar-refractivity contribution in [3.8, 4) is 0 Å². The maximum Gasteiger partial charge on any atom is 0.317 e. The fourth-order valence-corrected chi connectivity index (χ4v) is 2.18. The summed E-state index contributed by atoms with van der Waals surface area (Å²) in [6.45, 7) is 2.24. The Morgan fingerprint density at radius 2 is 2.18 bits per heavy atom. The van der Waals surface area contributed by atoms with Crippen molar-refractivity contribution in [1.29, 1.82) is 0 Å². The van der Waals surface area contributed by atoms with Gasteiger partial charge in [0.1, 0.15) is 0 Å². The third-order valence-corrected chi connectivity index (χ3v) is 3.79. The van der Waals surface area contributed by atoms with Crippen molar-refractivity contribution in [1.82, 2.24) is 10.2 Å². The zero-order valence-electron chi connectivity index (χ0n) is 9.82. The highest BCUT2D eigenvalue weighted by atomic mass is 16.4. The van der Waals surface area contributed by atoms with Gasteiger partial charge in [-0.25, -0.2) is 4.79 Å². The SMILES string of the molecule is NCC1CCN(C(=O)NCC2(C(=O)O)CC2)C1. The number of carboxylic acids is 1. The zero-order chi connectivity index (χ0) is 12.5. The molecule has 0 aromatic rings. The average Bonchev–Trinajstić information content (AvgIpc) is 2.96. The maximum absolute atomic E-state index is 11.8. The molecule has 1 unspecified atom stereocenters. The summed E-state index contributed by atoms with van der Waals surface area (Å²) < 4.78 is 0. The predicted molar refractivity (Wildman–Crippen MR) is 61.4 cm³/mol. The van der Waals surface area contributed by atoms with Crippen LogP contribution >= 0.6 is 0 Å². The van der Waals surface area contributed by atoms with Gasteiger partial charge in [-0.2, -0.15) is 0 Å². The lowest BCUT2D eigenvalue weighted by atomic mass is 10.1. The summed E-state index contributed by atoms with van der Waals surface area (Å²) in [5.41, 5.74) is 4.86. The number of nitrogens with one attached hydrogen (secondary N) is 1. The van der Waals surface area contributed by atoms with Gasteiger partial charge in [0, 0.05) is 19.6 Å². The monoisotopic (exact) mass is 241 g/mol. The molecule has 4 N–H and O–H groups in total. The lowest BCUT2D eigenvalue weighted by Gasteiger charge is -2.19. The Morgan fingerprint density at radius 1 is 1.47 bits per heavy atom. The summed E-state index contributed by atoms with van der Waals surface area (Å²) in [6, 6.07) is -0.159. The molecule has 1 heterocycles. The Bertz CT molecular complexity index is 328. The molecule has 2 fully saturated rings. The molecular formula is C11H19N3O3. The normalized spacial score (nSPS) is 25.7. The van der Waals surface area contributed by atoms with Crippen molar-refractivity contribution in [3.05, 3.63) is 0 Å². The van der Waals surface area contributed by atoms with Gasteiger partial charge in [-0.3, -0.25) is 4.79 Å². The van der Waals surface area contributed by atoms with Gasteiger partial charge >= 0.3 is 12.0 Å². The fraction of sp³-hybridized carbons (Fsp3) is 0.818. The number of amides is 2. The summed E-state index contributed by atoms with van der Waals surface area (Å²) >= 11 is 0. The number of aliphatic carboxylic acids is 1. The van der Waals surface area contributed by atoms with E-state index in [2.05, 4.69) is 5.32 Å². The zero-order valence-corrected chi connectivity index (χ0v) is 9.82. The van der Waals surface area contributed by atoms with Gasteiger partial charge in [0.15, 0.2) is 0 Å². The molecule has 0 spiro atoms. The van der Waals surface area contributed by atoms with Crippen molar-refractivity contribution in [3.63, 3.8) is 0 Å². The number of likely N-dealkylation sites (tertiary alicyclic amines) is 1. The number of hydrogen-bond acceptors (Lipinski definition) is 3. The molecule has 1 atom stereocenters. The Morgan fingerprint density at radius 3 is 2.65 bits per heavy atom. The van der Waals surface area contributed by atoms with E-state index in [0.29, 0.717) is 38.4 Å². The molecule has 17 heavy (non-hydrogen) atoms. The molecule has 1 saturated heterocycles. The molecule has 2 amide bonds. The standard InChI is InChI=1S/C11H19N3O3/c12-5-8-1-4-14(6-8)10(17)13-7-11(2-3-11)9(15)16/h8H,1-7,12H2,(H,13,17)(H,15,16). The van der Waals surface area contributed by atoms with Gasteiger partial charge < -0.3 is 21.1 Å². The van der Waals surface area contributed by atoms with Gasteiger partial charge in [-0.1, -0.05) is 0 Å². The van der Waals surface area contributed by atoms with Crippen molar-refractivity contribution in [2.45, 2.75) is 19.3 Å². The van der Waals surface area contributed by atoms with E-state index in [0.717, 1.165) is 6.42 Å². The van der Waals surface area contributed by atoms with Crippen molar-refractivity contribution < 1.29 is 14.7 Å². The minimum Gasteiger partial charge on any atom is -0.481 e. The average molecular weight is 241 g/mol. The van der Waals surface area contributed by atoms with Crippen LogP contribution in [0.4, 0.5) is 4.79 Å². The van der Waals surface area contributed by atoms with Crippen molar-refractivity contribution in [2.24, 2.45) is 17.1 Å². The van der Waals surface area contributed by atoms with E-state index in [1.54, 1.807) is 4.90 Å². The molecular weight excluding hydrogens is 222 g/mol. The molecule has 1 aliphatic heterocycles. The summed E-state index contributed by atoms with van der Waals surface area (Å²) in [5.74, 6) is -0.422. The molecule has 96 valence electrons. The van der Waals surface area contributed by atoms with Crippen LogP contribution in [0.25, 0.3) is 0 Å². The molecule has 1 aliphatic carbocycles. The van der Waals surface area contributed by atoms with Crippen LogP contribution in [0.1, 0.15) is 19.3 Å². The lowest BCUT2D eigenvalue weighted by molar-refractivity contribution is -0.143. The first-order valence-electron chi connectivity index (χ1n) is 6.04. The largest absolute Gasteiger partial charge is 0.481 e. The van der Waals surface area contributed by atoms with Crippen LogP contribution in [-0.2, 0) is 4.79 Å². The first-order chi connectivity index (χ1) is 8.07. The summed E-state index contributed by atoms with van der Waals surface area (Å²) in [6.07, 6.45) is 2.26. The number of rotatable bonds is 4. The highest BCUT2D eigenvalue weighted by Gasteiger charge is 2.50. The van der Waals surface area contributed by atoms with Gasteiger partial charge in [0.25, 0.3) is 0 Å². The Kier molecular flexibility index (Phi) is 3.24. The number of hydrogen-bond donors (Lipinski definition) is 3. The smallest absolute Gasteiger partial charge is 0.317 e. The second kappa shape index (κ2) is 4.52. The van der Waals surface area contributed by atoms with Gasteiger partial charge in [0.2, 0.25) is 0 Å². The van der Waals surface area contributed by atoms with Crippen LogP contribution in [0.2, 0.25) is 0 Å². The van der Waals surface area contributed by atoms with Crippen LogP contribution in [0, 0.1) is 11.3 Å². The minimum atomic E-state index is -0.806. The Labute approximate surface area is 100 Å². The lowest BCUT2D eigenvalue weighted by Crippen LogP contribution is -2.42. The minimum absolute atomic E-state index is 0.159. The maximum atomic E-state index is 11.8. The van der Waals surface area contributed by atoms with E-state index in [1.165, 1.54) is 0 Å². The molecule has 0 bridgehead atoms. The molecule has 6 heteroatoms. The highest BCUT2D eigenvalue weighted by molar-refractivity contribution is 5.80. The van der Waals surface area contributed by atoms with E-state index in [9.17, 15) is 9.59 Å². The number of carboxylic acid groups (broad SMARTS) is 1. The molecule has 0 radical (unpaired) electrons. The molecule has 2 aliphatic rings. The van der Waals surface area contributed by atoms with Gasteiger partial charge in [0.05, 0.1) is 5.41 Å². The van der Waals surface area contributed by atoms with Crippen LogP contribution in [0.5, 0.6) is 0 Å². The molecule has 0 aromatic carbocycles. The molecule has 6 nitrogen and oxygen atoms in total. The first-order valence-corrected chi connectivity index (χ1v) is 6.04. The molecule has 0 aromatic heterocycles. The Hall–Kier alpha value is -1.30. The highest BCUT2D eigenvalue weighted by Crippen LogP contribution is 2.45. The van der Waals surface area contributed by atoms with Crippen LogP contribution in [0.3, 0.4) is 0 Å². The quantitative estimate of drug-likeness (QED) is 0.637. The van der Waals surface area contributed by atoms with Crippen molar-refractivity contribution in [2.75, 3.05) is 26.2 Å². The van der Waals surface area contributed by atoms with Crippen LogP contribution < -0.4 is 11.1 Å². The second-order valence-electron chi connectivity index (χ2n) is 5.08. The number of urea groups is 1. The van der Waals surface area contributed by atoms with Gasteiger partial charge in [-0.05, 0) is 31.7 Å². The Balaban J connectivity index is 1.77.